The van der Waals surface area contributed by atoms with E-state index in [2.05, 4.69) is 22.1 Å². The summed E-state index contributed by atoms with van der Waals surface area (Å²) in [5.41, 5.74) is 1.65. The lowest BCUT2D eigenvalue weighted by atomic mass is 10.1. The third-order valence-corrected chi connectivity index (χ3v) is 4.46. The van der Waals surface area contributed by atoms with Crippen LogP contribution in [0.25, 0.3) is 11.1 Å². The molecule has 1 aliphatic rings. The number of oxazole rings is 1. The minimum absolute atomic E-state index is 0.0891. The Hall–Kier alpha value is -1.92. The molecule has 0 bridgehead atoms. The number of ether oxygens (including phenoxy) is 1. The lowest BCUT2D eigenvalue weighted by Gasteiger charge is -2.32. The molecule has 6 heteroatoms. The average molecular weight is 331 g/mol. The molecule has 0 spiro atoms. The van der Waals surface area contributed by atoms with Gasteiger partial charge in [-0.2, -0.15) is 0 Å². The molecular weight excluding hydrogens is 306 g/mol. The molecule has 0 saturated carbocycles. The van der Waals surface area contributed by atoms with Gasteiger partial charge in [-0.3, -0.25) is 9.69 Å². The first-order valence-electron chi connectivity index (χ1n) is 8.65. The zero-order chi connectivity index (χ0) is 16.8. The summed E-state index contributed by atoms with van der Waals surface area (Å²) in [6.07, 6.45) is 2.03. The van der Waals surface area contributed by atoms with E-state index in [1.165, 1.54) is 0 Å². The van der Waals surface area contributed by atoms with Gasteiger partial charge >= 0.3 is 0 Å². The minimum atomic E-state index is 0.0891. The Morgan fingerprint density at radius 1 is 1.33 bits per heavy atom. The second kappa shape index (κ2) is 8.26. The topological polar surface area (TPSA) is 67.6 Å². The van der Waals surface area contributed by atoms with Crippen molar-refractivity contribution >= 4 is 17.0 Å². The highest BCUT2D eigenvalue weighted by molar-refractivity contribution is 5.76. The van der Waals surface area contributed by atoms with Crippen molar-refractivity contribution in [3.63, 3.8) is 0 Å². The Kier molecular flexibility index (Phi) is 5.82. The number of benzene rings is 1. The van der Waals surface area contributed by atoms with Crippen LogP contribution in [-0.4, -0.2) is 54.7 Å². The number of carbonyl (C=O) groups excluding carboxylic acids is 1. The predicted octanol–water partition coefficient (Wildman–Crippen LogP) is 1.99. The Bertz CT molecular complexity index is 631. The van der Waals surface area contributed by atoms with Gasteiger partial charge in [0.05, 0.1) is 13.2 Å². The standard InChI is InChI=1S/C18H25N3O3/c1-14(21-10-12-23-13-11-21)6-7-17(22)19-9-8-18-20-15-4-2-3-5-16(15)24-18/h2-5,14H,6-13H2,1H3,(H,19,22)/t14-/m1/s1. The third kappa shape index (κ3) is 4.55. The fraction of sp³-hybridized carbons (Fsp3) is 0.556. The molecule has 0 radical (unpaired) electrons. The van der Waals surface area contributed by atoms with Crippen molar-refractivity contribution < 1.29 is 13.9 Å². The molecule has 1 aromatic carbocycles. The quantitative estimate of drug-likeness (QED) is 0.840. The van der Waals surface area contributed by atoms with Crippen molar-refractivity contribution in [2.45, 2.75) is 32.2 Å². The smallest absolute Gasteiger partial charge is 0.220 e. The van der Waals surface area contributed by atoms with Crippen LogP contribution in [0.5, 0.6) is 0 Å². The van der Waals surface area contributed by atoms with E-state index in [9.17, 15) is 4.79 Å². The number of hydrogen-bond donors (Lipinski definition) is 1. The van der Waals surface area contributed by atoms with E-state index in [4.69, 9.17) is 9.15 Å². The highest BCUT2D eigenvalue weighted by Crippen LogP contribution is 2.14. The van der Waals surface area contributed by atoms with Crippen molar-refractivity contribution in [2.24, 2.45) is 0 Å². The highest BCUT2D eigenvalue weighted by atomic mass is 16.5. The first kappa shape index (κ1) is 16.9. The molecule has 1 N–H and O–H groups in total. The fourth-order valence-corrected chi connectivity index (χ4v) is 2.96. The number of fused-ring (bicyclic) bond motifs is 1. The van der Waals surface area contributed by atoms with E-state index in [1.54, 1.807) is 0 Å². The third-order valence-electron chi connectivity index (χ3n) is 4.46. The molecule has 0 aliphatic carbocycles. The molecule has 6 nitrogen and oxygen atoms in total. The molecule has 24 heavy (non-hydrogen) atoms. The molecule has 1 aliphatic heterocycles. The SMILES string of the molecule is C[C@H](CCC(=O)NCCc1nc2ccccc2o1)N1CCOCC1. The first-order chi connectivity index (χ1) is 11.7. The number of hydrogen-bond acceptors (Lipinski definition) is 5. The maximum Gasteiger partial charge on any atom is 0.220 e. The van der Waals surface area contributed by atoms with Gasteiger partial charge < -0.3 is 14.5 Å². The maximum absolute atomic E-state index is 12.0. The summed E-state index contributed by atoms with van der Waals surface area (Å²) >= 11 is 0. The maximum atomic E-state index is 12.0. The summed E-state index contributed by atoms with van der Waals surface area (Å²) in [5.74, 6) is 0.754. The van der Waals surface area contributed by atoms with Crippen LogP contribution in [0.15, 0.2) is 28.7 Å². The van der Waals surface area contributed by atoms with Crippen LogP contribution in [0.4, 0.5) is 0 Å². The normalized spacial score (nSPS) is 17.0. The summed E-state index contributed by atoms with van der Waals surface area (Å²) < 4.78 is 11.0. The van der Waals surface area contributed by atoms with Crippen LogP contribution in [0.3, 0.4) is 0 Å². The molecule has 0 unspecified atom stereocenters. The molecule has 1 atom stereocenters. The highest BCUT2D eigenvalue weighted by Gasteiger charge is 2.17. The molecule has 130 valence electrons. The summed E-state index contributed by atoms with van der Waals surface area (Å²) in [6, 6.07) is 8.10. The van der Waals surface area contributed by atoms with Gasteiger partial charge in [-0.05, 0) is 25.5 Å². The van der Waals surface area contributed by atoms with Gasteiger partial charge in [0.2, 0.25) is 5.91 Å². The van der Waals surface area contributed by atoms with Gasteiger partial charge in [-0.1, -0.05) is 12.1 Å². The van der Waals surface area contributed by atoms with E-state index in [0.717, 1.165) is 43.8 Å². The van der Waals surface area contributed by atoms with E-state index >= 15 is 0 Å². The van der Waals surface area contributed by atoms with Crippen molar-refractivity contribution in [1.29, 1.82) is 0 Å². The van der Waals surface area contributed by atoms with Crippen molar-refractivity contribution in [1.82, 2.24) is 15.2 Å². The van der Waals surface area contributed by atoms with E-state index in [1.807, 2.05) is 24.3 Å². The minimum Gasteiger partial charge on any atom is -0.441 e. The molecule has 2 aromatic rings. The number of morpholine rings is 1. The van der Waals surface area contributed by atoms with Gasteiger partial charge in [0.1, 0.15) is 5.52 Å². The summed E-state index contributed by atoms with van der Waals surface area (Å²) in [5, 5.41) is 2.95. The number of para-hydroxylation sites is 2. The van der Waals surface area contributed by atoms with Gasteiger partial charge in [-0.15, -0.1) is 0 Å². The second-order valence-electron chi connectivity index (χ2n) is 6.21. The number of aromatic nitrogens is 1. The monoisotopic (exact) mass is 331 g/mol. The van der Waals surface area contributed by atoms with Gasteiger partial charge in [0.25, 0.3) is 0 Å². The Morgan fingerprint density at radius 3 is 2.92 bits per heavy atom. The van der Waals surface area contributed by atoms with Gasteiger partial charge in [0.15, 0.2) is 11.5 Å². The van der Waals surface area contributed by atoms with Crippen LogP contribution in [0, 0.1) is 0 Å². The van der Waals surface area contributed by atoms with Gasteiger partial charge in [0, 0.05) is 38.5 Å². The van der Waals surface area contributed by atoms with Crippen molar-refractivity contribution in [3.05, 3.63) is 30.2 Å². The van der Waals surface area contributed by atoms with E-state index in [0.29, 0.717) is 31.3 Å². The molecule has 1 saturated heterocycles. The van der Waals surface area contributed by atoms with E-state index < -0.39 is 0 Å². The number of nitrogens with one attached hydrogen (secondary N) is 1. The summed E-state index contributed by atoms with van der Waals surface area (Å²) in [6.45, 7) is 6.23. The molecule has 1 fully saturated rings. The Balaban J connectivity index is 1.36. The van der Waals surface area contributed by atoms with E-state index in [-0.39, 0.29) is 5.91 Å². The molecular formula is C18H25N3O3. The van der Waals surface area contributed by atoms with Crippen LogP contribution in [0.2, 0.25) is 0 Å². The lowest BCUT2D eigenvalue weighted by molar-refractivity contribution is -0.121. The van der Waals surface area contributed by atoms with Gasteiger partial charge in [-0.25, -0.2) is 4.98 Å². The number of nitrogens with zero attached hydrogens (tertiary/aromatic N) is 2. The van der Waals surface area contributed by atoms with Crippen LogP contribution >= 0.6 is 0 Å². The molecule has 3 rings (SSSR count). The predicted molar refractivity (Wildman–Crippen MR) is 91.8 cm³/mol. The van der Waals surface area contributed by atoms with Crippen LogP contribution < -0.4 is 5.32 Å². The Morgan fingerprint density at radius 2 is 2.12 bits per heavy atom. The molecule has 2 heterocycles. The zero-order valence-corrected chi connectivity index (χ0v) is 14.2. The molecule has 1 amide bonds. The molecule has 1 aromatic heterocycles. The van der Waals surface area contributed by atoms with Crippen molar-refractivity contribution in [2.75, 3.05) is 32.8 Å². The first-order valence-corrected chi connectivity index (χ1v) is 8.65. The Labute approximate surface area is 142 Å². The van der Waals surface area contributed by atoms with Crippen molar-refractivity contribution in [3.8, 4) is 0 Å². The summed E-state index contributed by atoms with van der Waals surface area (Å²) in [7, 11) is 0. The fourth-order valence-electron chi connectivity index (χ4n) is 2.96. The lowest BCUT2D eigenvalue weighted by Crippen LogP contribution is -2.42. The number of carbonyl (C=O) groups is 1. The number of rotatable bonds is 7. The second-order valence-corrected chi connectivity index (χ2v) is 6.21. The zero-order valence-electron chi connectivity index (χ0n) is 14.2. The van der Waals surface area contributed by atoms with Crippen LogP contribution in [-0.2, 0) is 16.0 Å². The average Bonchev–Trinajstić information content (AvgIpc) is 3.03. The largest absolute Gasteiger partial charge is 0.441 e. The van der Waals surface area contributed by atoms with Crippen LogP contribution in [0.1, 0.15) is 25.7 Å². The summed E-state index contributed by atoms with van der Waals surface area (Å²) in [4.78, 5) is 18.8. The number of amides is 1.